The number of nitrogens with one attached hydrogen (secondary N) is 3. The number of likely N-dealkylation sites (tertiary alicyclic amines) is 1. The number of alkyl halides is 3. The topological polar surface area (TPSA) is 145 Å². The molecule has 3 aliphatic rings. The maximum absolute atomic E-state index is 13.5. The molecule has 4 aromatic rings. The van der Waals surface area contributed by atoms with Gasteiger partial charge in [0, 0.05) is 74.6 Å². The number of piperidine rings is 2. The number of amides is 3. The highest BCUT2D eigenvalue weighted by atomic mass is 19.4. The Morgan fingerprint density at radius 3 is 2.40 bits per heavy atom. The summed E-state index contributed by atoms with van der Waals surface area (Å²) in [5.74, 6) is -0.459. The van der Waals surface area contributed by atoms with Crippen molar-refractivity contribution in [3.8, 4) is 16.9 Å². The molecule has 3 saturated heterocycles. The first-order chi connectivity index (χ1) is 25.4. The van der Waals surface area contributed by atoms with Crippen LogP contribution in [0.2, 0.25) is 0 Å². The van der Waals surface area contributed by atoms with Crippen molar-refractivity contribution >= 4 is 34.3 Å². The molecule has 2 aromatic heterocycles. The number of hydrogen-bond acceptors (Lipinski definition) is 9. The molecule has 1 unspecified atom stereocenters. The van der Waals surface area contributed by atoms with Gasteiger partial charge in [0.25, 0.3) is 5.56 Å². The van der Waals surface area contributed by atoms with Gasteiger partial charge in [-0.3, -0.25) is 39.4 Å². The predicted octanol–water partition coefficient (Wildman–Crippen LogP) is 3.57. The third kappa shape index (κ3) is 8.38. The average Bonchev–Trinajstić information content (AvgIpc) is 3.63. The van der Waals surface area contributed by atoms with E-state index in [1.807, 2.05) is 21.9 Å². The predicted molar refractivity (Wildman–Crippen MR) is 190 cm³/mol. The number of hydrogen-bond donors (Lipinski definition) is 3. The van der Waals surface area contributed by atoms with Gasteiger partial charge in [0.15, 0.2) is 0 Å². The Labute approximate surface area is 303 Å². The number of benzene rings is 2. The molecule has 1 atom stereocenters. The summed E-state index contributed by atoms with van der Waals surface area (Å²) in [6.07, 6.45) is 0.750. The number of anilines is 1. The minimum absolute atomic E-state index is 0.0419. The SMILES string of the molecule is Cn1cc(-c2ccc(CN3CCN(C(=O)CN4CCC(c5ccc(NC6CCC(=O)NC6=O)cc5)CC4)CC3)c(OC(F)(F)F)c2)c2cn[nH]c2c1=O. The molecule has 2 aromatic carbocycles. The van der Waals surface area contributed by atoms with Crippen LogP contribution in [0.4, 0.5) is 18.9 Å². The molecule has 16 heteroatoms. The lowest BCUT2D eigenvalue weighted by atomic mass is 9.89. The fraction of sp³-hybridized carbons (Fsp3) is 0.432. The normalized spacial score (nSPS) is 19.4. The van der Waals surface area contributed by atoms with Gasteiger partial charge in [-0.25, -0.2) is 0 Å². The van der Waals surface area contributed by atoms with Crippen LogP contribution in [0.25, 0.3) is 22.0 Å². The van der Waals surface area contributed by atoms with Gasteiger partial charge in [-0.1, -0.05) is 24.3 Å². The van der Waals surface area contributed by atoms with Crippen molar-refractivity contribution in [2.24, 2.45) is 7.05 Å². The number of imide groups is 1. The number of piperazine rings is 1. The summed E-state index contributed by atoms with van der Waals surface area (Å²) in [6, 6.07) is 12.3. The van der Waals surface area contributed by atoms with E-state index in [4.69, 9.17) is 0 Å². The molecule has 0 spiro atoms. The molecule has 13 nitrogen and oxygen atoms in total. The Hall–Kier alpha value is -5.22. The van der Waals surface area contributed by atoms with Crippen LogP contribution < -0.4 is 20.9 Å². The largest absolute Gasteiger partial charge is 0.573 e. The molecule has 0 aliphatic carbocycles. The molecule has 7 rings (SSSR count). The lowest BCUT2D eigenvalue weighted by Gasteiger charge is -2.37. The first kappa shape index (κ1) is 36.2. The van der Waals surface area contributed by atoms with Gasteiger partial charge in [0.05, 0.1) is 12.7 Å². The van der Waals surface area contributed by atoms with Crippen molar-refractivity contribution < 1.29 is 32.3 Å². The van der Waals surface area contributed by atoms with E-state index in [-0.39, 0.29) is 41.1 Å². The van der Waals surface area contributed by atoms with Crippen LogP contribution in [0.15, 0.2) is 59.7 Å². The fourth-order valence-electron chi connectivity index (χ4n) is 7.45. The Morgan fingerprint density at radius 2 is 1.70 bits per heavy atom. The van der Waals surface area contributed by atoms with Gasteiger partial charge in [-0.2, -0.15) is 5.10 Å². The molecule has 0 bridgehead atoms. The number of H-pyrrole nitrogens is 1. The van der Waals surface area contributed by atoms with Crippen LogP contribution in [0.1, 0.15) is 42.7 Å². The van der Waals surface area contributed by atoms with Crippen LogP contribution in [0, 0.1) is 0 Å². The highest BCUT2D eigenvalue weighted by Gasteiger charge is 2.33. The second kappa shape index (κ2) is 15.0. The number of rotatable bonds is 9. The summed E-state index contributed by atoms with van der Waals surface area (Å²) in [4.78, 5) is 55.2. The summed E-state index contributed by atoms with van der Waals surface area (Å²) < 4.78 is 46.4. The summed E-state index contributed by atoms with van der Waals surface area (Å²) in [7, 11) is 1.56. The molecule has 5 heterocycles. The Balaban J connectivity index is 0.901. The quantitative estimate of drug-likeness (QED) is 0.220. The maximum atomic E-state index is 13.5. The first-order valence-corrected chi connectivity index (χ1v) is 17.7. The first-order valence-electron chi connectivity index (χ1n) is 17.7. The number of fused-ring (bicyclic) bond motifs is 1. The van der Waals surface area contributed by atoms with Gasteiger partial charge < -0.3 is 19.5 Å². The van der Waals surface area contributed by atoms with Crippen LogP contribution >= 0.6 is 0 Å². The zero-order chi connectivity index (χ0) is 37.3. The van der Waals surface area contributed by atoms with E-state index < -0.39 is 12.4 Å². The van der Waals surface area contributed by atoms with Gasteiger partial charge in [-0.15, -0.1) is 13.2 Å². The average molecular weight is 735 g/mol. The maximum Gasteiger partial charge on any atom is 0.573 e. The number of halogens is 3. The van der Waals surface area contributed by atoms with Crippen LogP contribution in [-0.2, 0) is 28.0 Å². The van der Waals surface area contributed by atoms with Crippen molar-refractivity contribution in [3.63, 3.8) is 0 Å². The summed E-state index contributed by atoms with van der Waals surface area (Å²) in [5, 5.41) is 12.7. The summed E-state index contributed by atoms with van der Waals surface area (Å²) >= 11 is 0. The number of carbonyl (C=O) groups is 3. The highest BCUT2D eigenvalue weighted by Crippen LogP contribution is 2.35. The zero-order valence-corrected chi connectivity index (χ0v) is 29.2. The zero-order valence-electron chi connectivity index (χ0n) is 29.2. The van der Waals surface area contributed by atoms with E-state index in [0.29, 0.717) is 73.6 Å². The number of carbonyl (C=O) groups excluding carboxylic acids is 3. The van der Waals surface area contributed by atoms with Crippen LogP contribution in [0.5, 0.6) is 5.75 Å². The third-order valence-corrected chi connectivity index (χ3v) is 10.4. The van der Waals surface area contributed by atoms with Crippen molar-refractivity contribution in [3.05, 3.63) is 76.3 Å². The van der Waals surface area contributed by atoms with Gasteiger partial charge in [-0.05, 0) is 67.6 Å². The molecule has 0 radical (unpaired) electrons. The van der Waals surface area contributed by atoms with E-state index in [0.717, 1.165) is 31.6 Å². The smallest absolute Gasteiger partial charge is 0.405 e. The van der Waals surface area contributed by atoms with E-state index in [1.54, 1.807) is 25.4 Å². The number of aromatic amines is 1. The second-order valence-electron chi connectivity index (χ2n) is 14.0. The van der Waals surface area contributed by atoms with Crippen LogP contribution in [0.3, 0.4) is 0 Å². The molecule has 3 amide bonds. The molecule has 3 fully saturated rings. The highest BCUT2D eigenvalue weighted by molar-refractivity contribution is 6.01. The van der Waals surface area contributed by atoms with Crippen molar-refractivity contribution in [2.75, 3.05) is 51.1 Å². The van der Waals surface area contributed by atoms with Crippen molar-refractivity contribution in [2.45, 2.75) is 50.6 Å². The molecule has 3 aliphatic heterocycles. The molecular formula is C37H41F3N8O5. The number of aromatic nitrogens is 3. The Morgan fingerprint density at radius 1 is 0.962 bits per heavy atom. The Kier molecular flexibility index (Phi) is 10.2. The fourth-order valence-corrected chi connectivity index (χ4v) is 7.45. The Bertz CT molecular complexity index is 2050. The lowest BCUT2D eigenvalue weighted by Crippen LogP contribution is -2.51. The minimum atomic E-state index is -4.90. The molecule has 53 heavy (non-hydrogen) atoms. The van der Waals surface area contributed by atoms with Gasteiger partial charge >= 0.3 is 6.36 Å². The number of nitrogens with zero attached hydrogens (tertiary/aromatic N) is 5. The minimum Gasteiger partial charge on any atom is -0.405 e. The molecule has 280 valence electrons. The van der Waals surface area contributed by atoms with Crippen LogP contribution in [-0.4, -0.2) is 105 Å². The monoisotopic (exact) mass is 734 g/mol. The number of aryl methyl sites for hydroxylation is 1. The van der Waals surface area contributed by atoms with E-state index in [1.165, 1.54) is 22.4 Å². The standard InChI is InChI=1S/C37H41F3N8O5/c1-45-21-29(28-19-41-44-34(28)36(45)52)25-2-3-26(31(18-25)53-37(38,39)40)20-47-14-16-48(17-15-47)33(50)22-46-12-10-24(11-13-46)23-4-6-27(7-5-23)42-30-8-9-32(49)43-35(30)51/h2-7,18-19,21,24,30,42H,8-17,20,22H2,1H3,(H,41,44)(H,43,49,51). The third-order valence-electron chi connectivity index (χ3n) is 10.4. The molecular weight excluding hydrogens is 693 g/mol. The summed E-state index contributed by atoms with van der Waals surface area (Å²) in [6.45, 7) is 4.06. The molecule has 0 saturated carbocycles. The number of ether oxygens (including phenoxy) is 1. The van der Waals surface area contributed by atoms with Crippen molar-refractivity contribution in [1.29, 1.82) is 0 Å². The van der Waals surface area contributed by atoms with Gasteiger partial charge in [0.2, 0.25) is 17.7 Å². The van der Waals surface area contributed by atoms with Crippen molar-refractivity contribution in [1.82, 2.24) is 34.8 Å². The summed E-state index contributed by atoms with van der Waals surface area (Å²) in [5.41, 5.74) is 3.36. The van der Waals surface area contributed by atoms with E-state index in [2.05, 4.69) is 42.6 Å². The molecule has 3 N–H and O–H groups in total. The van der Waals surface area contributed by atoms with E-state index in [9.17, 15) is 32.3 Å². The van der Waals surface area contributed by atoms with E-state index >= 15 is 0 Å². The number of pyridine rings is 1. The second-order valence-corrected chi connectivity index (χ2v) is 14.0. The van der Waals surface area contributed by atoms with Gasteiger partial charge in [0.1, 0.15) is 17.3 Å². The lowest BCUT2D eigenvalue weighted by molar-refractivity contribution is -0.275.